The highest BCUT2D eigenvalue weighted by molar-refractivity contribution is 6.32. The van der Waals surface area contributed by atoms with E-state index in [0.717, 1.165) is 39.0 Å². The Balaban J connectivity index is 2.19. The lowest BCUT2D eigenvalue weighted by Gasteiger charge is -2.35. The quantitative estimate of drug-likeness (QED) is 0.882. The van der Waals surface area contributed by atoms with E-state index in [1.807, 2.05) is 12.1 Å². The first-order chi connectivity index (χ1) is 8.72. The number of halogens is 1. The van der Waals surface area contributed by atoms with E-state index in [-0.39, 0.29) is 5.75 Å². The predicted octanol–water partition coefficient (Wildman–Crippen LogP) is 2.79. The van der Waals surface area contributed by atoms with Gasteiger partial charge in [-0.05, 0) is 24.1 Å². The molecule has 0 spiro atoms. The van der Waals surface area contributed by atoms with Crippen LogP contribution in [0.25, 0.3) is 0 Å². The molecule has 1 heterocycles. The zero-order chi connectivity index (χ0) is 13.0. The van der Waals surface area contributed by atoms with Crippen molar-refractivity contribution >= 4 is 11.6 Å². The Morgan fingerprint density at radius 2 is 2.11 bits per heavy atom. The molecule has 0 radical (unpaired) electrons. The van der Waals surface area contributed by atoms with E-state index in [1.54, 1.807) is 6.07 Å². The van der Waals surface area contributed by atoms with Gasteiger partial charge in [0.2, 0.25) is 0 Å². The van der Waals surface area contributed by atoms with Gasteiger partial charge in [-0.3, -0.25) is 4.90 Å². The summed E-state index contributed by atoms with van der Waals surface area (Å²) in [5.41, 5.74) is 1.21. The molecule has 3 nitrogen and oxygen atoms in total. The van der Waals surface area contributed by atoms with E-state index in [2.05, 4.69) is 17.1 Å². The summed E-state index contributed by atoms with van der Waals surface area (Å²) in [6, 6.07) is 6.00. The first-order valence-corrected chi connectivity index (χ1v) is 7.03. The van der Waals surface area contributed by atoms with Crippen molar-refractivity contribution in [1.82, 2.24) is 10.2 Å². The molecule has 0 unspecified atom stereocenters. The summed E-state index contributed by atoms with van der Waals surface area (Å²) in [6.07, 6.45) is 2.27. The van der Waals surface area contributed by atoms with Crippen LogP contribution in [-0.4, -0.2) is 36.2 Å². The summed E-state index contributed by atoms with van der Waals surface area (Å²) in [7, 11) is 0. The highest BCUT2D eigenvalue weighted by Gasteiger charge is 2.21. The molecule has 1 aromatic rings. The maximum absolute atomic E-state index is 9.51. The number of nitrogens with zero attached hydrogens (tertiary/aromatic N) is 1. The minimum absolute atomic E-state index is 0.163. The molecule has 1 saturated heterocycles. The number of nitrogens with one attached hydrogen (secondary N) is 1. The van der Waals surface area contributed by atoms with E-state index >= 15 is 0 Å². The molecule has 100 valence electrons. The second-order valence-corrected chi connectivity index (χ2v) is 5.21. The van der Waals surface area contributed by atoms with Crippen LogP contribution >= 0.6 is 11.6 Å². The van der Waals surface area contributed by atoms with Crippen molar-refractivity contribution in [2.24, 2.45) is 0 Å². The predicted molar refractivity (Wildman–Crippen MR) is 75.2 cm³/mol. The lowest BCUT2D eigenvalue weighted by molar-refractivity contribution is 0.164. The van der Waals surface area contributed by atoms with Gasteiger partial charge in [0.25, 0.3) is 0 Å². The van der Waals surface area contributed by atoms with Gasteiger partial charge >= 0.3 is 0 Å². The van der Waals surface area contributed by atoms with Crippen molar-refractivity contribution in [3.63, 3.8) is 0 Å². The van der Waals surface area contributed by atoms with Crippen LogP contribution < -0.4 is 5.32 Å². The summed E-state index contributed by atoms with van der Waals surface area (Å²) in [6.45, 7) is 6.45. The van der Waals surface area contributed by atoms with Crippen LogP contribution in [0.1, 0.15) is 31.4 Å². The monoisotopic (exact) mass is 268 g/mol. The molecular formula is C14H21ClN2O. The molecule has 18 heavy (non-hydrogen) atoms. The Labute approximate surface area is 114 Å². The lowest BCUT2D eigenvalue weighted by atomic mass is 9.99. The standard InChI is InChI=1S/C14H21ClN2O/c1-2-3-13(17-8-6-16-7-9-17)11-4-5-14(18)12(15)10-11/h4-5,10,13,16,18H,2-3,6-9H2,1H3/t13-/m1/s1. The van der Waals surface area contributed by atoms with Gasteiger partial charge in [-0.15, -0.1) is 0 Å². The zero-order valence-electron chi connectivity index (χ0n) is 10.8. The van der Waals surface area contributed by atoms with Gasteiger partial charge in [-0.1, -0.05) is 31.0 Å². The molecule has 0 aliphatic carbocycles. The molecule has 4 heteroatoms. The van der Waals surface area contributed by atoms with Gasteiger partial charge in [0.15, 0.2) is 0 Å². The van der Waals surface area contributed by atoms with E-state index in [4.69, 9.17) is 11.6 Å². The average molecular weight is 269 g/mol. The largest absolute Gasteiger partial charge is 0.506 e. The Bertz CT molecular complexity index is 391. The second-order valence-electron chi connectivity index (χ2n) is 4.80. The van der Waals surface area contributed by atoms with Gasteiger partial charge in [0.1, 0.15) is 5.75 Å². The molecule has 1 fully saturated rings. The first kappa shape index (κ1) is 13.7. The molecular weight excluding hydrogens is 248 g/mol. The SMILES string of the molecule is CCC[C@H](c1ccc(O)c(Cl)c1)N1CCNCC1. The molecule has 0 bridgehead atoms. The number of piperazine rings is 1. The van der Waals surface area contributed by atoms with Gasteiger partial charge in [-0.2, -0.15) is 0 Å². The fourth-order valence-corrected chi connectivity index (χ4v) is 2.75. The number of phenols is 1. The molecule has 1 aliphatic heterocycles. The summed E-state index contributed by atoms with van der Waals surface area (Å²) in [4.78, 5) is 2.50. The smallest absolute Gasteiger partial charge is 0.134 e. The van der Waals surface area contributed by atoms with Crippen LogP contribution in [0, 0.1) is 0 Å². The Morgan fingerprint density at radius 3 is 2.72 bits per heavy atom. The van der Waals surface area contributed by atoms with Crippen LogP contribution in [0.3, 0.4) is 0 Å². The van der Waals surface area contributed by atoms with Gasteiger partial charge < -0.3 is 10.4 Å². The maximum atomic E-state index is 9.51. The fraction of sp³-hybridized carbons (Fsp3) is 0.571. The summed E-state index contributed by atoms with van der Waals surface area (Å²) < 4.78 is 0. The molecule has 1 aliphatic rings. The van der Waals surface area contributed by atoms with Crippen molar-refractivity contribution in [2.75, 3.05) is 26.2 Å². The third-order valence-corrected chi connectivity index (χ3v) is 3.81. The number of hydrogen-bond acceptors (Lipinski definition) is 3. The second kappa shape index (κ2) is 6.41. The van der Waals surface area contributed by atoms with E-state index < -0.39 is 0 Å². The molecule has 0 aromatic heterocycles. The number of aromatic hydroxyl groups is 1. The third-order valence-electron chi connectivity index (χ3n) is 3.51. The Hall–Kier alpha value is -0.770. The van der Waals surface area contributed by atoms with Crippen molar-refractivity contribution in [2.45, 2.75) is 25.8 Å². The molecule has 0 saturated carbocycles. The van der Waals surface area contributed by atoms with E-state index in [9.17, 15) is 5.11 Å². The normalized spacial score (nSPS) is 18.8. The molecule has 0 amide bonds. The third kappa shape index (κ3) is 3.16. The average Bonchev–Trinajstić information content (AvgIpc) is 2.40. The maximum Gasteiger partial charge on any atom is 0.134 e. The highest BCUT2D eigenvalue weighted by atomic mass is 35.5. The molecule has 2 rings (SSSR count). The summed E-state index contributed by atoms with van der Waals surface area (Å²) in [5, 5.41) is 13.3. The van der Waals surface area contributed by atoms with Crippen molar-refractivity contribution < 1.29 is 5.11 Å². The Kier molecular flexibility index (Phi) is 4.87. The molecule has 2 N–H and O–H groups in total. The Morgan fingerprint density at radius 1 is 1.39 bits per heavy atom. The van der Waals surface area contributed by atoms with Gasteiger partial charge in [0, 0.05) is 32.2 Å². The van der Waals surface area contributed by atoms with Crippen LogP contribution in [-0.2, 0) is 0 Å². The fourth-order valence-electron chi connectivity index (χ4n) is 2.56. The van der Waals surface area contributed by atoms with Crippen molar-refractivity contribution in [3.8, 4) is 5.75 Å². The minimum atomic E-state index is 0.163. The lowest BCUT2D eigenvalue weighted by Crippen LogP contribution is -2.45. The van der Waals surface area contributed by atoms with E-state index in [0.29, 0.717) is 11.1 Å². The summed E-state index contributed by atoms with van der Waals surface area (Å²) in [5.74, 6) is 0.163. The minimum Gasteiger partial charge on any atom is -0.506 e. The molecule has 1 atom stereocenters. The number of benzene rings is 1. The van der Waals surface area contributed by atoms with E-state index in [1.165, 1.54) is 5.56 Å². The van der Waals surface area contributed by atoms with Crippen molar-refractivity contribution in [3.05, 3.63) is 28.8 Å². The van der Waals surface area contributed by atoms with Crippen molar-refractivity contribution in [1.29, 1.82) is 0 Å². The summed E-state index contributed by atoms with van der Waals surface area (Å²) >= 11 is 6.02. The van der Waals surface area contributed by atoms with Gasteiger partial charge in [0.05, 0.1) is 5.02 Å². The number of rotatable bonds is 4. The number of hydrogen-bond donors (Lipinski definition) is 2. The number of phenolic OH excluding ortho intramolecular Hbond substituents is 1. The zero-order valence-corrected chi connectivity index (χ0v) is 11.6. The van der Waals surface area contributed by atoms with Crippen LogP contribution in [0.2, 0.25) is 5.02 Å². The first-order valence-electron chi connectivity index (χ1n) is 6.65. The van der Waals surface area contributed by atoms with Crippen LogP contribution in [0.4, 0.5) is 0 Å². The topological polar surface area (TPSA) is 35.5 Å². The van der Waals surface area contributed by atoms with Crippen LogP contribution in [0.15, 0.2) is 18.2 Å². The molecule has 1 aromatic carbocycles. The highest BCUT2D eigenvalue weighted by Crippen LogP contribution is 2.31. The van der Waals surface area contributed by atoms with Gasteiger partial charge in [-0.25, -0.2) is 0 Å². The van der Waals surface area contributed by atoms with Crippen LogP contribution in [0.5, 0.6) is 5.75 Å².